The van der Waals surface area contributed by atoms with E-state index in [0.29, 0.717) is 11.7 Å². The van der Waals surface area contributed by atoms with E-state index < -0.39 is 5.54 Å². The molecule has 8 heteroatoms. The highest BCUT2D eigenvalue weighted by molar-refractivity contribution is 7.09. The molecule has 1 aliphatic heterocycles. The molecule has 0 saturated carbocycles. The van der Waals surface area contributed by atoms with Gasteiger partial charge in [-0.2, -0.15) is 0 Å². The van der Waals surface area contributed by atoms with Gasteiger partial charge in [-0.1, -0.05) is 5.21 Å². The summed E-state index contributed by atoms with van der Waals surface area (Å²) >= 11 is 1.52. The predicted molar refractivity (Wildman–Crippen MR) is 83.8 cm³/mol. The van der Waals surface area contributed by atoms with Crippen LogP contribution in [0, 0.1) is 0 Å². The van der Waals surface area contributed by atoms with Crippen LogP contribution in [0.2, 0.25) is 0 Å². The van der Waals surface area contributed by atoms with Crippen LogP contribution in [-0.2, 0) is 5.54 Å². The summed E-state index contributed by atoms with van der Waals surface area (Å²) in [5.74, 6) is -0.222. The Hall–Kier alpha value is -1.80. The van der Waals surface area contributed by atoms with Crippen LogP contribution in [0.3, 0.4) is 0 Å². The van der Waals surface area contributed by atoms with Gasteiger partial charge < -0.3 is 10.6 Å². The summed E-state index contributed by atoms with van der Waals surface area (Å²) in [6.45, 7) is 5.81. The molecule has 2 aromatic rings. The van der Waals surface area contributed by atoms with Crippen molar-refractivity contribution in [3.8, 4) is 0 Å². The van der Waals surface area contributed by atoms with Crippen LogP contribution in [0.1, 0.15) is 48.2 Å². The van der Waals surface area contributed by atoms with Gasteiger partial charge >= 0.3 is 0 Å². The summed E-state index contributed by atoms with van der Waals surface area (Å²) in [7, 11) is 0. The molecule has 0 aromatic carbocycles. The molecule has 0 aliphatic carbocycles. The molecule has 1 amide bonds. The molecule has 118 valence electrons. The third-order valence-corrected chi connectivity index (χ3v) is 4.92. The maximum absolute atomic E-state index is 12.4. The van der Waals surface area contributed by atoms with Crippen LogP contribution in [0.5, 0.6) is 0 Å². The highest BCUT2D eigenvalue weighted by Crippen LogP contribution is 2.22. The molecule has 1 aliphatic rings. The first-order valence-corrected chi connectivity index (χ1v) is 8.29. The van der Waals surface area contributed by atoms with Crippen molar-refractivity contribution in [3.05, 3.63) is 28.5 Å². The zero-order chi connectivity index (χ0) is 15.6. The van der Waals surface area contributed by atoms with Crippen molar-refractivity contribution in [2.45, 2.75) is 38.3 Å². The first-order valence-electron chi connectivity index (χ1n) is 7.41. The van der Waals surface area contributed by atoms with E-state index in [2.05, 4.69) is 25.9 Å². The number of carbonyl (C=O) groups excluding carboxylic acids is 1. The maximum Gasteiger partial charge on any atom is 0.274 e. The highest BCUT2D eigenvalue weighted by atomic mass is 32.1. The summed E-state index contributed by atoms with van der Waals surface area (Å²) in [6.07, 6.45) is 5.49. The van der Waals surface area contributed by atoms with Gasteiger partial charge in [-0.25, -0.2) is 9.67 Å². The molecular formula is C14H20N6OS. The number of aromatic nitrogens is 4. The lowest BCUT2D eigenvalue weighted by atomic mass is 10.1. The zero-order valence-corrected chi connectivity index (χ0v) is 13.6. The fourth-order valence-corrected chi connectivity index (χ4v) is 3.28. The Morgan fingerprint density at radius 3 is 2.91 bits per heavy atom. The number of piperidine rings is 1. The molecular weight excluding hydrogens is 300 g/mol. The predicted octanol–water partition coefficient (Wildman–Crippen LogP) is 1.32. The zero-order valence-electron chi connectivity index (χ0n) is 12.7. The number of rotatable bonds is 4. The molecule has 0 bridgehead atoms. The molecule has 3 heterocycles. The van der Waals surface area contributed by atoms with Gasteiger partial charge in [0.2, 0.25) is 0 Å². The highest BCUT2D eigenvalue weighted by Gasteiger charge is 2.27. The minimum absolute atomic E-state index is 0.222. The third-order valence-electron chi connectivity index (χ3n) is 3.82. The summed E-state index contributed by atoms with van der Waals surface area (Å²) < 4.78 is 1.81. The average molecular weight is 320 g/mol. The largest absolute Gasteiger partial charge is 0.339 e. The van der Waals surface area contributed by atoms with E-state index in [1.807, 2.05) is 23.9 Å². The van der Waals surface area contributed by atoms with Crippen molar-refractivity contribution in [3.63, 3.8) is 0 Å². The van der Waals surface area contributed by atoms with Gasteiger partial charge in [0.05, 0.1) is 17.8 Å². The first-order chi connectivity index (χ1) is 10.6. The van der Waals surface area contributed by atoms with E-state index in [9.17, 15) is 4.79 Å². The van der Waals surface area contributed by atoms with Gasteiger partial charge in [-0.3, -0.25) is 4.79 Å². The van der Waals surface area contributed by atoms with Crippen molar-refractivity contribution in [1.82, 2.24) is 30.6 Å². The molecule has 2 aromatic heterocycles. The number of amides is 1. The van der Waals surface area contributed by atoms with Gasteiger partial charge in [0.25, 0.3) is 5.91 Å². The summed E-state index contributed by atoms with van der Waals surface area (Å²) in [6, 6.07) is 0.322. The normalized spacial score (nSPS) is 16.6. The van der Waals surface area contributed by atoms with Crippen LogP contribution >= 0.6 is 11.3 Å². The number of hydrogen-bond donors (Lipinski definition) is 2. The van der Waals surface area contributed by atoms with Gasteiger partial charge in [0.15, 0.2) is 5.69 Å². The maximum atomic E-state index is 12.4. The van der Waals surface area contributed by atoms with E-state index in [0.717, 1.165) is 30.9 Å². The number of nitrogens with zero attached hydrogens (tertiary/aromatic N) is 4. The van der Waals surface area contributed by atoms with Crippen molar-refractivity contribution >= 4 is 17.2 Å². The Balaban J connectivity index is 1.69. The lowest BCUT2D eigenvalue weighted by Gasteiger charge is -2.23. The van der Waals surface area contributed by atoms with Gasteiger partial charge in [0.1, 0.15) is 5.01 Å². The summed E-state index contributed by atoms with van der Waals surface area (Å²) in [5.41, 5.74) is -0.174. The lowest BCUT2D eigenvalue weighted by Crippen LogP contribution is -2.41. The van der Waals surface area contributed by atoms with Crippen LogP contribution in [-0.4, -0.2) is 39.0 Å². The van der Waals surface area contributed by atoms with Crippen molar-refractivity contribution in [2.75, 3.05) is 13.1 Å². The molecule has 0 radical (unpaired) electrons. The molecule has 22 heavy (non-hydrogen) atoms. The Bertz CT molecular complexity index is 630. The Morgan fingerprint density at radius 1 is 1.45 bits per heavy atom. The van der Waals surface area contributed by atoms with E-state index in [1.165, 1.54) is 11.3 Å². The van der Waals surface area contributed by atoms with E-state index in [1.54, 1.807) is 12.4 Å². The second kappa shape index (κ2) is 6.13. The summed E-state index contributed by atoms with van der Waals surface area (Å²) in [5, 5.41) is 17.2. The first kappa shape index (κ1) is 15.1. The molecule has 3 rings (SSSR count). The Labute approximate surface area is 133 Å². The fraction of sp³-hybridized carbons (Fsp3) is 0.571. The quantitative estimate of drug-likeness (QED) is 0.887. The fourth-order valence-electron chi connectivity index (χ4n) is 2.56. The van der Waals surface area contributed by atoms with Crippen LogP contribution in [0.25, 0.3) is 0 Å². The smallest absolute Gasteiger partial charge is 0.274 e. The Kier molecular flexibility index (Phi) is 4.21. The van der Waals surface area contributed by atoms with Gasteiger partial charge in [0, 0.05) is 11.6 Å². The van der Waals surface area contributed by atoms with E-state index in [4.69, 9.17) is 0 Å². The number of carbonyl (C=O) groups is 1. The third kappa shape index (κ3) is 3.17. The number of thiazole rings is 1. The lowest BCUT2D eigenvalue weighted by molar-refractivity contribution is 0.0906. The minimum atomic E-state index is -0.524. The Morgan fingerprint density at radius 2 is 2.23 bits per heavy atom. The topological polar surface area (TPSA) is 84.7 Å². The van der Waals surface area contributed by atoms with Gasteiger partial charge in [-0.15, -0.1) is 16.4 Å². The van der Waals surface area contributed by atoms with Crippen molar-refractivity contribution in [1.29, 1.82) is 0 Å². The minimum Gasteiger partial charge on any atom is -0.339 e. The monoisotopic (exact) mass is 320 g/mol. The number of nitrogens with one attached hydrogen (secondary N) is 2. The van der Waals surface area contributed by atoms with Crippen molar-refractivity contribution in [2.24, 2.45) is 0 Å². The molecule has 1 fully saturated rings. The summed E-state index contributed by atoms with van der Waals surface area (Å²) in [4.78, 5) is 16.7. The van der Waals surface area contributed by atoms with Crippen LogP contribution < -0.4 is 10.6 Å². The molecule has 0 unspecified atom stereocenters. The van der Waals surface area contributed by atoms with Crippen LogP contribution in [0.15, 0.2) is 17.8 Å². The molecule has 0 spiro atoms. The van der Waals surface area contributed by atoms with E-state index in [-0.39, 0.29) is 5.91 Å². The molecule has 0 atom stereocenters. The van der Waals surface area contributed by atoms with Crippen LogP contribution in [0.4, 0.5) is 0 Å². The van der Waals surface area contributed by atoms with Gasteiger partial charge in [-0.05, 0) is 39.8 Å². The second-order valence-corrected chi connectivity index (χ2v) is 6.88. The molecule has 1 saturated heterocycles. The molecule has 7 nitrogen and oxygen atoms in total. The second-order valence-electron chi connectivity index (χ2n) is 5.98. The van der Waals surface area contributed by atoms with E-state index >= 15 is 0 Å². The molecule has 2 N–H and O–H groups in total. The average Bonchev–Trinajstić information content (AvgIpc) is 3.20. The number of hydrogen-bond acceptors (Lipinski definition) is 6. The SMILES string of the molecule is CC(C)(NC(=O)c1cn(C2CCNCC2)nn1)c1nccs1. The van der Waals surface area contributed by atoms with Crippen molar-refractivity contribution < 1.29 is 4.79 Å². The standard InChI is InChI=1S/C14H20N6OS/c1-14(2,13-16-7-8-22-13)17-12(21)11-9-20(19-18-11)10-3-5-15-6-4-10/h7-10,15H,3-6H2,1-2H3,(H,17,21).